The molecule has 1 aliphatic heterocycles. The summed E-state index contributed by atoms with van der Waals surface area (Å²) in [4.78, 5) is 22.0. The number of anilines is 3. The van der Waals surface area contributed by atoms with E-state index < -0.39 is 11.7 Å². The summed E-state index contributed by atoms with van der Waals surface area (Å²) in [6.07, 6.45) is -3.87. The molecular formula is C18H19ClF3N5O2. The Morgan fingerprint density at radius 2 is 1.97 bits per heavy atom. The number of carbonyl (C=O) groups excluding carboxylic acids is 1. The van der Waals surface area contributed by atoms with Crippen LogP contribution >= 0.6 is 11.6 Å². The lowest BCUT2D eigenvalue weighted by Crippen LogP contribution is -2.40. The average molecular weight is 430 g/mol. The molecule has 0 atom stereocenters. The molecule has 1 aliphatic rings. The van der Waals surface area contributed by atoms with Crippen molar-refractivity contribution in [2.24, 2.45) is 0 Å². The molecule has 0 radical (unpaired) electrons. The second-order valence-corrected chi connectivity index (χ2v) is 6.79. The highest BCUT2D eigenvalue weighted by Crippen LogP contribution is 2.34. The van der Waals surface area contributed by atoms with Crippen LogP contribution in [0.3, 0.4) is 0 Å². The average Bonchev–Trinajstić information content (AvgIpc) is 2.69. The van der Waals surface area contributed by atoms with Crippen molar-refractivity contribution >= 4 is 35.0 Å². The lowest BCUT2D eigenvalue weighted by Gasteiger charge is -2.27. The van der Waals surface area contributed by atoms with E-state index in [1.807, 2.05) is 0 Å². The van der Waals surface area contributed by atoms with Gasteiger partial charge in [0.05, 0.1) is 23.8 Å². The molecule has 2 N–H and O–H groups in total. The SMILES string of the molecule is CNc1nc(Nc2cc(Cl)c(C(=O)N3CCOCC3)cc2C)ncc1C(F)(F)F. The van der Waals surface area contributed by atoms with Crippen molar-refractivity contribution in [3.8, 4) is 0 Å². The van der Waals surface area contributed by atoms with Crippen LogP contribution < -0.4 is 10.6 Å². The smallest absolute Gasteiger partial charge is 0.378 e. The van der Waals surface area contributed by atoms with Crippen LogP contribution in [0.4, 0.5) is 30.6 Å². The Kier molecular flexibility index (Phi) is 6.13. The fourth-order valence-electron chi connectivity index (χ4n) is 2.88. The van der Waals surface area contributed by atoms with E-state index in [0.29, 0.717) is 49.3 Å². The van der Waals surface area contributed by atoms with Crippen molar-refractivity contribution in [1.29, 1.82) is 0 Å². The largest absolute Gasteiger partial charge is 0.421 e. The number of aryl methyl sites for hydroxylation is 1. The summed E-state index contributed by atoms with van der Waals surface area (Å²) in [7, 11) is 1.34. The summed E-state index contributed by atoms with van der Waals surface area (Å²) in [6.45, 7) is 3.67. The molecule has 11 heteroatoms. The maximum absolute atomic E-state index is 13.0. The molecule has 156 valence electrons. The highest BCUT2D eigenvalue weighted by Gasteiger charge is 2.35. The van der Waals surface area contributed by atoms with Crippen LogP contribution in [0, 0.1) is 6.92 Å². The molecule has 2 heterocycles. The molecule has 0 bridgehead atoms. The molecule has 1 aromatic carbocycles. The Balaban J connectivity index is 1.85. The zero-order chi connectivity index (χ0) is 21.2. The van der Waals surface area contributed by atoms with E-state index in [2.05, 4.69) is 20.6 Å². The number of morpholine rings is 1. The summed E-state index contributed by atoms with van der Waals surface area (Å²) < 4.78 is 44.2. The van der Waals surface area contributed by atoms with Crippen LogP contribution in [-0.4, -0.2) is 54.1 Å². The minimum absolute atomic E-state index is 0.0335. The lowest BCUT2D eigenvalue weighted by atomic mass is 10.1. The predicted molar refractivity (Wildman–Crippen MR) is 103 cm³/mol. The fourth-order valence-corrected chi connectivity index (χ4v) is 3.12. The Hall–Kier alpha value is -2.59. The van der Waals surface area contributed by atoms with Gasteiger partial charge in [0.15, 0.2) is 0 Å². The van der Waals surface area contributed by atoms with Gasteiger partial charge in [-0.3, -0.25) is 4.79 Å². The number of nitrogens with one attached hydrogen (secondary N) is 2. The molecule has 0 spiro atoms. The van der Waals surface area contributed by atoms with E-state index >= 15 is 0 Å². The molecule has 1 saturated heterocycles. The van der Waals surface area contributed by atoms with Gasteiger partial charge in [0.2, 0.25) is 5.95 Å². The summed E-state index contributed by atoms with van der Waals surface area (Å²) in [5.74, 6) is -0.581. The number of benzene rings is 1. The van der Waals surface area contributed by atoms with Crippen molar-refractivity contribution < 1.29 is 22.7 Å². The minimum atomic E-state index is -4.57. The van der Waals surface area contributed by atoms with E-state index in [9.17, 15) is 18.0 Å². The standard InChI is InChI=1S/C18H19ClF3N5O2/c1-10-7-11(16(28)27-3-5-29-6-4-27)13(19)8-14(10)25-17-24-9-12(18(20,21)22)15(23-2)26-17/h7-9H,3-6H2,1-2H3,(H2,23,24,25,26). The van der Waals surface area contributed by atoms with E-state index in [-0.39, 0.29) is 22.7 Å². The van der Waals surface area contributed by atoms with Gasteiger partial charge in [-0.2, -0.15) is 18.2 Å². The third-order valence-electron chi connectivity index (χ3n) is 4.42. The number of nitrogens with zero attached hydrogens (tertiary/aromatic N) is 3. The zero-order valence-electron chi connectivity index (χ0n) is 15.7. The Morgan fingerprint density at radius 1 is 1.28 bits per heavy atom. The fraction of sp³-hybridized carbons (Fsp3) is 0.389. The maximum atomic E-state index is 13.0. The first-order valence-corrected chi connectivity index (χ1v) is 9.14. The number of halogens is 4. The number of alkyl halides is 3. The number of aromatic nitrogens is 2. The van der Waals surface area contributed by atoms with Gasteiger partial charge in [0.1, 0.15) is 11.4 Å². The number of rotatable bonds is 4. The zero-order valence-corrected chi connectivity index (χ0v) is 16.5. The Morgan fingerprint density at radius 3 is 2.59 bits per heavy atom. The second kappa shape index (κ2) is 8.42. The molecule has 1 fully saturated rings. The first kappa shape index (κ1) is 21.1. The van der Waals surface area contributed by atoms with Crippen molar-refractivity contribution in [2.45, 2.75) is 13.1 Å². The van der Waals surface area contributed by atoms with Crippen LogP contribution in [0.1, 0.15) is 21.5 Å². The van der Waals surface area contributed by atoms with Crippen LogP contribution in [0.15, 0.2) is 18.3 Å². The third-order valence-corrected chi connectivity index (χ3v) is 4.73. The second-order valence-electron chi connectivity index (χ2n) is 6.38. The van der Waals surface area contributed by atoms with E-state index in [0.717, 1.165) is 0 Å². The number of amides is 1. The number of carbonyl (C=O) groups is 1. The number of hydrogen-bond donors (Lipinski definition) is 2. The monoisotopic (exact) mass is 429 g/mol. The van der Waals surface area contributed by atoms with Crippen LogP contribution in [0.5, 0.6) is 0 Å². The molecular weight excluding hydrogens is 411 g/mol. The third kappa shape index (κ3) is 4.70. The van der Waals surface area contributed by atoms with Gasteiger partial charge in [-0.05, 0) is 24.6 Å². The van der Waals surface area contributed by atoms with Gasteiger partial charge in [0.25, 0.3) is 5.91 Å². The summed E-state index contributed by atoms with van der Waals surface area (Å²) >= 11 is 6.30. The lowest BCUT2D eigenvalue weighted by molar-refractivity contribution is -0.137. The first-order chi connectivity index (χ1) is 13.7. The van der Waals surface area contributed by atoms with Gasteiger partial charge in [0, 0.05) is 32.0 Å². The summed E-state index contributed by atoms with van der Waals surface area (Å²) in [5.41, 5.74) is 0.531. The highest BCUT2D eigenvalue weighted by atomic mass is 35.5. The van der Waals surface area contributed by atoms with Crippen molar-refractivity contribution in [1.82, 2.24) is 14.9 Å². The van der Waals surface area contributed by atoms with E-state index in [4.69, 9.17) is 16.3 Å². The molecule has 29 heavy (non-hydrogen) atoms. The van der Waals surface area contributed by atoms with Gasteiger partial charge in [-0.15, -0.1) is 0 Å². The van der Waals surface area contributed by atoms with Gasteiger partial charge >= 0.3 is 6.18 Å². The van der Waals surface area contributed by atoms with Crippen LogP contribution in [-0.2, 0) is 10.9 Å². The number of ether oxygens (including phenoxy) is 1. The van der Waals surface area contributed by atoms with Gasteiger partial charge < -0.3 is 20.3 Å². The molecule has 0 saturated carbocycles. The van der Waals surface area contributed by atoms with E-state index in [1.54, 1.807) is 17.9 Å². The summed E-state index contributed by atoms with van der Waals surface area (Å²) in [5, 5.41) is 5.49. The predicted octanol–water partition coefficient (Wildman–Crippen LogP) is 3.71. The van der Waals surface area contributed by atoms with Crippen LogP contribution in [0.25, 0.3) is 0 Å². The topological polar surface area (TPSA) is 79.4 Å². The van der Waals surface area contributed by atoms with Crippen LogP contribution in [0.2, 0.25) is 5.02 Å². The molecule has 1 aromatic heterocycles. The minimum Gasteiger partial charge on any atom is -0.378 e. The molecule has 3 rings (SSSR count). The van der Waals surface area contributed by atoms with E-state index in [1.165, 1.54) is 13.1 Å². The maximum Gasteiger partial charge on any atom is 0.421 e. The molecule has 7 nitrogen and oxygen atoms in total. The van der Waals surface area contributed by atoms with Crippen molar-refractivity contribution in [3.05, 3.63) is 40.0 Å². The molecule has 1 amide bonds. The first-order valence-electron chi connectivity index (χ1n) is 8.77. The van der Waals surface area contributed by atoms with Gasteiger partial charge in [-0.1, -0.05) is 11.6 Å². The highest BCUT2D eigenvalue weighted by molar-refractivity contribution is 6.34. The Labute approximate surface area is 170 Å². The molecule has 2 aromatic rings. The Bertz CT molecular complexity index is 917. The van der Waals surface area contributed by atoms with Crippen molar-refractivity contribution in [3.63, 3.8) is 0 Å². The van der Waals surface area contributed by atoms with Gasteiger partial charge in [-0.25, -0.2) is 4.98 Å². The van der Waals surface area contributed by atoms with Crippen molar-refractivity contribution in [2.75, 3.05) is 44.0 Å². The normalized spacial score (nSPS) is 14.6. The number of hydrogen-bond acceptors (Lipinski definition) is 6. The summed E-state index contributed by atoms with van der Waals surface area (Å²) in [6, 6.07) is 3.16. The molecule has 0 unspecified atom stereocenters. The quantitative estimate of drug-likeness (QED) is 0.771. The molecule has 0 aliphatic carbocycles.